The summed E-state index contributed by atoms with van der Waals surface area (Å²) in [6, 6.07) is 14.9. The van der Waals surface area contributed by atoms with E-state index < -0.39 is 5.92 Å². The number of amides is 2. The lowest BCUT2D eigenvalue weighted by atomic mass is 10.1. The number of aromatic nitrogens is 1. The van der Waals surface area contributed by atoms with Crippen LogP contribution in [0.1, 0.15) is 6.42 Å². The van der Waals surface area contributed by atoms with Crippen molar-refractivity contribution in [3.8, 4) is 0 Å². The molecule has 1 unspecified atom stereocenters. The van der Waals surface area contributed by atoms with Gasteiger partial charge in [-0.15, -0.1) is 0 Å². The number of benzene rings is 2. The predicted molar refractivity (Wildman–Crippen MR) is 100 cm³/mol. The Morgan fingerprint density at radius 3 is 2.76 bits per heavy atom. The van der Waals surface area contributed by atoms with Crippen molar-refractivity contribution in [3.05, 3.63) is 53.6 Å². The number of hydrogen-bond acceptors (Lipinski definition) is 4. The zero-order valence-electron chi connectivity index (χ0n) is 13.1. The number of fused-ring (bicyclic) bond motifs is 1. The van der Waals surface area contributed by atoms with E-state index in [4.69, 9.17) is 11.6 Å². The van der Waals surface area contributed by atoms with E-state index in [2.05, 4.69) is 10.3 Å². The maximum absolute atomic E-state index is 12.5. The van der Waals surface area contributed by atoms with Gasteiger partial charge in [-0.05, 0) is 24.3 Å². The van der Waals surface area contributed by atoms with Gasteiger partial charge in [0.2, 0.25) is 11.8 Å². The second kappa shape index (κ2) is 6.46. The van der Waals surface area contributed by atoms with Crippen LogP contribution in [0, 0.1) is 5.92 Å². The average Bonchev–Trinajstić information content (AvgIpc) is 3.18. The molecule has 1 fully saturated rings. The number of halogens is 1. The molecule has 2 heterocycles. The van der Waals surface area contributed by atoms with Crippen LogP contribution in [-0.2, 0) is 9.59 Å². The minimum atomic E-state index is -0.421. The number of nitrogens with zero attached hydrogens (tertiary/aromatic N) is 2. The molecule has 3 aromatic rings. The average molecular weight is 372 g/mol. The second-order valence-electron chi connectivity index (χ2n) is 5.83. The SMILES string of the molecule is O=C(Nc1nc2ccccc2s1)C1CC(=O)N(c2ccccc2Cl)C1. The zero-order valence-corrected chi connectivity index (χ0v) is 14.7. The topological polar surface area (TPSA) is 62.3 Å². The maximum Gasteiger partial charge on any atom is 0.231 e. The van der Waals surface area contributed by atoms with Crippen LogP contribution in [0.5, 0.6) is 0 Å². The summed E-state index contributed by atoms with van der Waals surface area (Å²) in [4.78, 5) is 30.8. The molecular formula is C18H14ClN3O2S. The summed E-state index contributed by atoms with van der Waals surface area (Å²) in [5.41, 5.74) is 1.49. The summed E-state index contributed by atoms with van der Waals surface area (Å²) in [7, 11) is 0. The normalized spacial score (nSPS) is 17.2. The van der Waals surface area contributed by atoms with Crippen molar-refractivity contribution in [2.24, 2.45) is 5.92 Å². The van der Waals surface area contributed by atoms with E-state index in [-0.39, 0.29) is 18.2 Å². The number of anilines is 2. The van der Waals surface area contributed by atoms with E-state index in [0.717, 1.165) is 10.2 Å². The van der Waals surface area contributed by atoms with Gasteiger partial charge in [-0.2, -0.15) is 0 Å². The highest BCUT2D eigenvalue weighted by atomic mass is 35.5. The number of rotatable bonds is 3. The molecule has 0 radical (unpaired) electrons. The van der Waals surface area contributed by atoms with E-state index in [1.165, 1.54) is 11.3 Å². The fourth-order valence-electron chi connectivity index (χ4n) is 2.92. The van der Waals surface area contributed by atoms with Crippen LogP contribution < -0.4 is 10.2 Å². The van der Waals surface area contributed by atoms with Crippen LogP contribution >= 0.6 is 22.9 Å². The fraction of sp³-hybridized carbons (Fsp3) is 0.167. The Kier molecular flexibility index (Phi) is 4.15. The molecule has 0 aliphatic carbocycles. The quantitative estimate of drug-likeness (QED) is 0.758. The van der Waals surface area contributed by atoms with E-state index in [1.54, 1.807) is 17.0 Å². The van der Waals surface area contributed by atoms with Crippen molar-refractivity contribution in [1.82, 2.24) is 4.98 Å². The first-order valence-corrected chi connectivity index (χ1v) is 9.02. The Labute approximate surface area is 153 Å². The summed E-state index contributed by atoms with van der Waals surface area (Å²) in [6.45, 7) is 0.319. The standard InChI is InChI=1S/C18H14ClN3O2S/c19-12-5-1-3-7-14(12)22-10-11(9-16(22)23)17(24)21-18-20-13-6-2-4-8-15(13)25-18/h1-8,11H,9-10H2,(H,20,21,24). The summed E-state index contributed by atoms with van der Waals surface area (Å²) in [5.74, 6) is -0.713. The molecular weight excluding hydrogens is 358 g/mol. The number of thiazole rings is 1. The Bertz CT molecular complexity index is 939. The van der Waals surface area contributed by atoms with E-state index in [1.807, 2.05) is 36.4 Å². The van der Waals surface area contributed by atoms with Gasteiger partial charge in [-0.25, -0.2) is 4.98 Å². The van der Waals surface area contributed by atoms with Crippen molar-refractivity contribution in [2.45, 2.75) is 6.42 Å². The number of carbonyl (C=O) groups excluding carboxylic acids is 2. The summed E-state index contributed by atoms with van der Waals surface area (Å²) >= 11 is 7.59. The molecule has 4 rings (SSSR count). The molecule has 7 heteroatoms. The lowest BCUT2D eigenvalue weighted by molar-refractivity contribution is -0.122. The van der Waals surface area contributed by atoms with Gasteiger partial charge in [-0.1, -0.05) is 47.2 Å². The van der Waals surface area contributed by atoms with Gasteiger partial charge in [0.25, 0.3) is 0 Å². The van der Waals surface area contributed by atoms with Gasteiger partial charge in [-0.3, -0.25) is 9.59 Å². The molecule has 0 spiro atoms. The summed E-state index contributed by atoms with van der Waals surface area (Å²) in [5, 5.41) is 3.89. The highest BCUT2D eigenvalue weighted by Crippen LogP contribution is 2.32. The number of carbonyl (C=O) groups is 2. The number of hydrogen-bond donors (Lipinski definition) is 1. The first kappa shape index (κ1) is 16.1. The van der Waals surface area contributed by atoms with Crippen LogP contribution in [0.25, 0.3) is 10.2 Å². The van der Waals surface area contributed by atoms with Gasteiger partial charge in [0.1, 0.15) is 0 Å². The molecule has 0 bridgehead atoms. The third kappa shape index (κ3) is 3.10. The molecule has 1 aromatic heterocycles. The lowest BCUT2D eigenvalue weighted by Crippen LogP contribution is -2.28. The van der Waals surface area contributed by atoms with Gasteiger partial charge in [0.05, 0.1) is 26.8 Å². The molecule has 0 saturated carbocycles. The van der Waals surface area contributed by atoms with Gasteiger partial charge in [0, 0.05) is 13.0 Å². The fourth-order valence-corrected chi connectivity index (χ4v) is 4.03. The third-order valence-electron chi connectivity index (χ3n) is 4.16. The largest absolute Gasteiger partial charge is 0.310 e. The zero-order chi connectivity index (χ0) is 17.4. The molecule has 1 N–H and O–H groups in total. The summed E-state index contributed by atoms with van der Waals surface area (Å²) in [6.07, 6.45) is 0.169. The summed E-state index contributed by atoms with van der Waals surface area (Å²) < 4.78 is 1.01. The smallest absolute Gasteiger partial charge is 0.231 e. The minimum Gasteiger partial charge on any atom is -0.310 e. The van der Waals surface area contributed by atoms with Crippen LogP contribution in [0.2, 0.25) is 5.02 Å². The van der Waals surface area contributed by atoms with E-state index >= 15 is 0 Å². The highest BCUT2D eigenvalue weighted by molar-refractivity contribution is 7.22. The highest BCUT2D eigenvalue weighted by Gasteiger charge is 2.36. The van der Waals surface area contributed by atoms with Crippen molar-refractivity contribution >= 4 is 55.8 Å². The van der Waals surface area contributed by atoms with Crippen molar-refractivity contribution < 1.29 is 9.59 Å². The maximum atomic E-state index is 12.5. The molecule has 2 aromatic carbocycles. The molecule has 1 saturated heterocycles. The Morgan fingerprint density at radius 2 is 1.96 bits per heavy atom. The minimum absolute atomic E-state index is 0.0995. The Hall–Kier alpha value is -2.44. The number of para-hydroxylation sites is 2. The van der Waals surface area contributed by atoms with Crippen molar-refractivity contribution in [1.29, 1.82) is 0 Å². The lowest BCUT2D eigenvalue weighted by Gasteiger charge is -2.17. The first-order valence-electron chi connectivity index (χ1n) is 7.83. The first-order chi connectivity index (χ1) is 12.1. The van der Waals surface area contributed by atoms with Crippen LogP contribution in [0.3, 0.4) is 0 Å². The predicted octanol–water partition coefficient (Wildman–Crippen LogP) is 3.94. The third-order valence-corrected chi connectivity index (χ3v) is 5.43. The Balaban J connectivity index is 1.50. The molecule has 25 heavy (non-hydrogen) atoms. The molecule has 126 valence electrons. The molecule has 1 atom stereocenters. The van der Waals surface area contributed by atoms with Crippen LogP contribution in [0.15, 0.2) is 48.5 Å². The van der Waals surface area contributed by atoms with Gasteiger partial charge < -0.3 is 10.2 Å². The second-order valence-corrected chi connectivity index (χ2v) is 7.27. The Morgan fingerprint density at radius 1 is 1.20 bits per heavy atom. The van der Waals surface area contributed by atoms with Crippen molar-refractivity contribution in [3.63, 3.8) is 0 Å². The van der Waals surface area contributed by atoms with Crippen molar-refractivity contribution in [2.75, 3.05) is 16.8 Å². The van der Waals surface area contributed by atoms with E-state index in [0.29, 0.717) is 22.4 Å². The molecule has 1 aliphatic heterocycles. The number of nitrogens with one attached hydrogen (secondary N) is 1. The molecule has 1 aliphatic rings. The van der Waals surface area contributed by atoms with E-state index in [9.17, 15) is 9.59 Å². The monoisotopic (exact) mass is 371 g/mol. The van der Waals surface area contributed by atoms with Crippen LogP contribution in [0.4, 0.5) is 10.8 Å². The van der Waals surface area contributed by atoms with Crippen LogP contribution in [-0.4, -0.2) is 23.3 Å². The van der Waals surface area contributed by atoms with Gasteiger partial charge >= 0.3 is 0 Å². The molecule has 2 amide bonds. The van der Waals surface area contributed by atoms with Gasteiger partial charge in [0.15, 0.2) is 5.13 Å². The molecule has 5 nitrogen and oxygen atoms in total.